The summed E-state index contributed by atoms with van der Waals surface area (Å²) < 4.78 is 0. The Morgan fingerprint density at radius 1 is 1.00 bits per heavy atom. The van der Waals surface area contributed by atoms with Gasteiger partial charge in [0.1, 0.15) is 0 Å². The van der Waals surface area contributed by atoms with Gasteiger partial charge in [0.25, 0.3) is 0 Å². The number of fused-ring (bicyclic) bond motifs is 7. The van der Waals surface area contributed by atoms with Crippen molar-refractivity contribution in [3.8, 4) is 0 Å². The van der Waals surface area contributed by atoms with Crippen LogP contribution in [0.2, 0.25) is 0 Å². The molecule has 3 aliphatic rings. The summed E-state index contributed by atoms with van der Waals surface area (Å²) in [5.74, 6) is 1.40. The first-order valence-corrected chi connectivity index (χ1v) is 8.90. The van der Waals surface area contributed by atoms with E-state index >= 15 is 0 Å². The molecule has 2 aromatic rings. The van der Waals surface area contributed by atoms with Gasteiger partial charge in [-0.1, -0.05) is 48.5 Å². The van der Waals surface area contributed by atoms with Gasteiger partial charge in [-0.15, -0.1) is 0 Å². The van der Waals surface area contributed by atoms with Gasteiger partial charge in [-0.3, -0.25) is 0 Å². The van der Waals surface area contributed by atoms with E-state index in [0.717, 1.165) is 11.6 Å². The Morgan fingerprint density at radius 3 is 2.58 bits per heavy atom. The van der Waals surface area contributed by atoms with E-state index in [0.29, 0.717) is 23.3 Å². The first-order valence-electron chi connectivity index (χ1n) is 8.90. The van der Waals surface area contributed by atoms with Gasteiger partial charge < -0.3 is 15.2 Å². The van der Waals surface area contributed by atoms with Crippen LogP contribution >= 0.6 is 0 Å². The third-order valence-corrected chi connectivity index (χ3v) is 6.50. The molecule has 1 N–H and O–H groups in total. The van der Waals surface area contributed by atoms with Crippen LogP contribution in [0.15, 0.2) is 48.5 Å². The van der Waals surface area contributed by atoms with E-state index in [1.54, 1.807) is 6.07 Å². The van der Waals surface area contributed by atoms with Crippen LogP contribution in [0.4, 0.5) is 5.69 Å². The molecular formula is C21H20NO2-. The van der Waals surface area contributed by atoms with E-state index in [9.17, 15) is 9.90 Å². The quantitative estimate of drug-likeness (QED) is 0.924. The maximum atomic E-state index is 11.6. The zero-order chi connectivity index (χ0) is 16.3. The second kappa shape index (κ2) is 5.10. The Labute approximate surface area is 141 Å². The van der Waals surface area contributed by atoms with Crippen LogP contribution in [-0.2, 0) is 0 Å². The fourth-order valence-corrected chi connectivity index (χ4v) is 5.67. The van der Waals surface area contributed by atoms with Crippen LogP contribution in [0.3, 0.4) is 0 Å². The van der Waals surface area contributed by atoms with Crippen molar-refractivity contribution in [2.45, 2.75) is 31.2 Å². The van der Waals surface area contributed by atoms with Crippen LogP contribution in [0.5, 0.6) is 0 Å². The standard InChI is InChI=1S/C21H21NO2/c23-21(24)16-8-4-7-15-17-13-9-10-14(11-13)18(17)19(22-20(15)16)12-5-2-1-3-6-12/h1-8,13-14,17-19,22H,9-11H2,(H,23,24)/p-1/t13-,14-,17+,18-,19-/m0/s1. The van der Waals surface area contributed by atoms with Gasteiger partial charge in [0.2, 0.25) is 0 Å². The number of benzene rings is 2. The Balaban J connectivity index is 1.69. The molecule has 0 unspecified atom stereocenters. The van der Waals surface area contributed by atoms with Crippen molar-refractivity contribution in [1.29, 1.82) is 0 Å². The Bertz CT molecular complexity index is 801. The van der Waals surface area contributed by atoms with E-state index in [1.165, 1.54) is 30.4 Å². The number of para-hydroxylation sites is 1. The van der Waals surface area contributed by atoms with Crippen molar-refractivity contribution in [3.05, 3.63) is 65.2 Å². The van der Waals surface area contributed by atoms with Crippen molar-refractivity contribution in [2.75, 3.05) is 5.32 Å². The van der Waals surface area contributed by atoms with E-state index in [2.05, 4.69) is 35.6 Å². The predicted molar refractivity (Wildman–Crippen MR) is 90.6 cm³/mol. The summed E-state index contributed by atoms with van der Waals surface area (Å²) in [5, 5.41) is 15.2. The van der Waals surface area contributed by atoms with Gasteiger partial charge in [0, 0.05) is 11.3 Å². The molecule has 5 rings (SSSR count). The monoisotopic (exact) mass is 318 g/mol. The number of aromatic carboxylic acids is 1. The highest BCUT2D eigenvalue weighted by molar-refractivity contribution is 5.94. The lowest BCUT2D eigenvalue weighted by Gasteiger charge is -2.44. The molecule has 0 spiro atoms. The van der Waals surface area contributed by atoms with Crippen LogP contribution in [0.1, 0.15) is 52.7 Å². The molecule has 2 aromatic carbocycles. The maximum absolute atomic E-state index is 11.6. The molecule has 5 atom stereocenters. The largest absolute Gasteiger partial charge is 0.545 e. The maximum Gasteiger partial charge on any atom is 0.0736 e. The smallest absolute Gasteiger partial charge is 0.0736 e. The van der Waals surface area contributed by atoms with Gasteiger partial charge in [-0.05, 0) is 54.1 Å². The van der Waals surface area contributed by atoms with Gasteiger partial charge in [-0.2, -0.15) is 0 Å². The number of carboxylic acids is 1. The molecule has 122 valence electrons. The molecule has 3 heteroatoms. The summed E-state index contributed by atoms with van der Waals surface area (Å²) in [6.07, 6.45) is 3.88. The number of nitrogens with one attached hydrogen (secondary N) is 1. The fraction of sp³-hybridized carbons (Fsp3) is 0.381. The lowest BCUT2D eigenvalue weighted by Crippen LogP contribution is -2.37. The van der Waals surface area contributed by atoms with Crippen LogP contribution < -0.4 is 10.4 Å². The number of anilines is 1. The molecule has 0 amide bonds. The zero-order valence-electron chi connectivity index (χ0n) is 13.4. The minimum absolute atomic E-state index is 0.194. The van der Waals surface area contributed by atoms with Gasteiger partial charge in [0.15, 0.2) is 0 Å². The highest BCUT2D eigenvalue weighted by Crippen LogP contribution is 2.63. The van der Waals surface area contributed by atoms with Crippen LogP contribution in [-0.4, -0.2) is 5.97 Å². The number of carbonyl (C=O) groups excluding carboxylic acids is 1. The van der Waals surface area contributed by atoms with E-state index in [4.69, 9.17) is 0 Å². The van der Waals surface area contributed by atoms with E-state index in [-0.39, 0.29) is 6.04 Å². The third kappa shape index (κ3) is 1.87. The normalized spacial score (nSPS) is 32.8. The Morgan fingerprint density at radius 2 is 1.79 bits per heavy atom. The highest BCUT2D eigenvalue weighted by Gasteiger charge is 2.53. The number of carboxylic acid groups (broad SMARTS) is 1. The van der Waals surface area contributed by atoms with Crippen molar-refractivity contribution in [3.63, 3.8) is 0 Å². The van der Waals surface area contributed by atoms with Crippen molar-refractivity contribution < 1.29 is 9.90 Å². The molecule has 1 heterocycles. The molecule has 0 aromatic heterocycles. The minimum Gasteiger partial charge on any atom is -0.545 e. The summed E-state index contributed by atoms with van der Waals surface area (Å²) in [4.78, 5) is 11.6. The van der Waals surface area contributed by atoms with E-state index < -0.39 is 5.97 Å². The average molecular weight is 318 g/mol. The zero-order valence-corrected chi connectivity index (χ0v) is 13.4. The number of rotatable bonds is 2. The van der Waals surface area contributed by atoms with E-state index in [1.807, 2.05) is 12.1 Å². The molecular weight excluding hydrogens is 298 g/mol. The second-order valence-corrected chi connectivity index (χ2v) is 7.53. The number of hydrogen-bond donors (Lipinski definition) is 1. The summed E-state index contributed by atoms with van der Waals surface area (Å²) in [5.41, 5.74) is 3.55. The SMILES string of the molecule is O=C([O-])c1cccc2c1N[C@@H](c1ccccc1)[C@H]1[C@H]3CC[C@@H](C3)[C@H]21. The van der Waals surface area contributed by atoms with Gasteiger partial charge in [-0.25, -0.2) is 0 Å². The van der Waals surface area contributed by atoms with Gasteiger partial charge in [0.05, 0.1) is 12.0 Å². The Kier molecular flexibility index (Phi) is 2.99. The van der Waals surface area contributed by atoms with Crippen molar-refractivity contribution >= 4 is 11.7 Å². The molecule has 0 saturated heterocycles. The average Bonchev–Trinajstić information content (AvgIpc) is 3.23. The van der Waals surface area contributed by atoms with Crippen LogP contribution in [0.25, 0.3) is 0 Å². The summed E-state index contributed by atoms with van der Waals surface area (Å²) >= 11 is 0. The number of carbonyl (C=O) groups is 1. The highest BCUT2D eigenvalue weighted by atomic mass is 16.4. The lowest BCUT2D eigenvalue weighted by molar-refractivity contribution is -0.254. The first kappa shape index (κ1) is 14.1. The second-order valence-electron chi connectivity index (χ2n) is 7.53. The Hall–Kier alpha value is -2.29. The molecule has 3 nitrogen and oxygen atoms in total. The molecule has 2 aliphatic carbocycles. The predicted octanol–water partition coefficient (Wildman–Crippen LogP) is 3.35. The summed E-state index contributed by atoms with van der Waals surface area (Å²) in [7, 11) is 0. The molecule has 1 aliphatic heterocycles. The molecule has 24 heavy (non-hydrogen) atoms. The lowest BCUT2D eigenvalue weighted by atomic mass is 9.67. The summed E-state index contributed by atoms with van der Waals surface area (Å²) in [6, 6.07) is 16.3. The van der Waals surface area contributed by atoms with Gasteiger partial charge >= 0.3 is 0 Å². The molecule has 2 bridgehead atoms. The topological polar surface area (TPSA) is 52.2 Å². The third-order valence-electron chi connectivity index (χ3n) is 6.50. The molecule has 0 radical (unpaired) electrons. The fourth-order valence-electron chi connectivity index (χ4n) is 5.67. The van der Waals surface area contributed by atoms with Crippen molar-refractivity contribution in [1.82, 2.24) is 0 Å². The molecule has 2 saturated carbocycles. The van der Waals surface area contributed by atoms with Crippen LogP contribution in [0, 0.1) is 17.8 Å². The number of hydrogen-bond acceptors (Lipinski definition) is 3. The molecule has 2 fully saturated rings. The summed E-state index contributed by atoms with van der Waals surface area (Å²) in [6.45, 7) is 0. The van der Waals surface area contributed by atoms with Crippen molar-refractivity contribution in [2.24, 2.45) is 17.8 Å². The minimum atomic E-state index is -1.09. The first-order chi connectivity index (χ1) is 11.7.